The van der Waals surface area contributed by atoms with Crippen molar-refractivity contribution in [1.82, 2.24) is 4.90 Å². The number of morpholine rings is 1. The zero-order valence-electron chi connectivity index (χ0n) is 10.0. The van der Waals surface area contributed by atoms with Gasteiger partial charge in [-0.15, -0.1) is 0 Å². The number of rotatable bonds is 1. The summed E-state index contributed by atoms with van der Waals surface area (Å²) in [6.07, 6.45) is 1.45. The van der Waals surface area contributed by atoms with Crippen molar-refractivity contribution >= 4 is 6.09 Å². The van der Waals surface area contributed by atoms with Crippen LogP contribution in [0.15, 0.2) is 0 Å². The summed E-state index contributed by atoms with van der Waals surface area (Å²) in [6.45, 7) is 11.5. The standard InChI is InChI=1S/C12H16N2O3/c1-4-16-11(15)14-7-5-12(2,13-3)6-8(14)10-9(7)17-10/h7-10H,4-6H2,1-2H3. The summed E-state index contributed by atoms with van der Waals surface area (Å²) >= 11 is 0. The molecule has 3 rings (SSSR count). The molecular formula is C12H16N2O3. The smallest absolute Gasteiger partial charge is 0.410 e. The minimum atomic E-state index is -0.338. The molecule has 3 fully saturated rings. The number of carbonyl (C=O) groups is 1. The largest absolute Gasteiger partial charge is 0.450 e. The third kappa shape index (κ3) is 1.44. The van der Waals surface area contributed by atoms with Crippen LogP contribution in [0, 0.1) is 6.57 Å². The van der Waals surface area contributed by atoms with E-state index in [-0.39, 0.29) is 35.9 Å². The highest BCUT2D eigenvalue weighted by Gasteiger charge is 2.69. The lowest BCUT2D eigenvalue weighted by molar-refractivity contribution is 0.0198. The van der Waals surface area contributed by atoms with Crippen LogP contribution < -0.4 is 0 Å². The molecule has 3 heterocycles. The predicted octanol–water partition coefficient (Wildman–Crippen LogP) is 1.43. The molecule has 3 aliphatic rings. The minimum Gasteiger partial charge on any atom is -0.450 e. The normalized spacial score (nSPS) is 46.1. The molecule has 0 aliphatic carbocycles. The van der Waals surface area contributed by atoms with E-state index in [1.165, 1.54) is 0 Å². The van der Waals surface area contributed by atoms with Gasteiger partial charge in [0.25, 0.3) is 0 Å². The van der Waals surface area contributed by atoms with Crippen LogP contribution in [0.2, 0.25) is 0 Å². The van der Waals surface area contributed by atoms with Crippen molar-refractivity contribution in [2.75, 3.05) is 6.61 Å². The van der Waals surface area contributed by atoms with Gasteiger partial charge in [0, 0.05) is 19.8 Å². The molecule has 3 saturated heterocycles. The second-order valence-corrected chi connectivity index (χ2v) is 5.32. The van der Waals surface area contributed by atoms with E-state index in [0.717, 1.165) is 0 Å². The highest BCUT2D eigenvalue weighted by molar-refractivity contribution is 5.70. The van der Waals surface area contributed by atoms with Crippen LogP contribution in [0.25, 0.3) is 4.85 Å². The molecule has 17 heavy (non-hydrogen) atoms. The van der Waals surface area contributed by atoms with Gasteiger partial charge in [-0.25, -0.2) is 11.4 Å². The first-order valence-corrected chi connectivity index (χ1v) is 6.09. The zero-order chi connectivity index (χ0) is 12.2. The van der Waals surface area contributed by atoms with E-state index in [0.29, 0.717) is 19.4 Å². The molecule has 0 aromatic heterocycles. The van der Waals surface area contributed by atoms with Gasteiger partial charge in [-0.1, -0.05) is 0 Å². The first-order valence-electron chi connectivity index (χ1n) is 6.09. The Morgan fingerprint density at radius 3 is 2.59 bits per heavy atom. The summed E-state index contributed by atoms with van der Waals surface area (Å²) in [5, 5.41) is 0. The Morgan fingerprint density at radius 2 is 2.12 bits per heavy atom. The summed E-state index contributed by atoms with van der Waals surface area (Å²) < 4.78 is 10.7. The molecule has 3 aliphatic heterocycles. The lowest BCUT2D eigenvalue weighted by Gasteiger charge is -2.39. The van der Waals surface area contributed by atoms with Crippen molar-refractivity contribution in [2.45, 2.75) is 56.5 Å². The molecule has 0 saturated carbocycles. The van der Waals surface area contributed by atoms with Crippen LogP contribution >= 0.6 is 0 Å². The van der Waals surface area contributed by atoms with Gasteiger partial charge in [-0.3, -0.25) is 4.90 Å². The van der Waals surface area contributed by atoms with Crippen LogP contribution in [0.3, 0.4) is 0 Å². The predicted molar refractivity (Wildman–Crippen MR) is 59.3 cm³/mol. The summed E-state index contributed by atoms with van der Waals surface area (Å²) in [7, 11) is 0. The van der Waals surface area contributed by atoms with Crippen molar-refractivity contribution in [3.8, 4) is 0 Å². The maximum atomic E-state index is 11.9. The van der Waals surface area contributed by atoms with E-state index < -0.39 is 0 Å². The molecule has 0 radical (unpaired) electrons. The maximum absolute atomic E-state index is 11.9. The van der Waals surface area contributed by atoms with Gasteiger partial charge in [0.05, 0.1) is 18.7 Å². The first kappa shape index (κ1) is 10.8. The number of fused-ring (bicyclic) bond motifs is 5. The second-order valence-electron chi connectivity index (χ2n) is 5.32. The number of carbonyl (C=O) groups excluding carboxylic acids is 1. The first-order chi connectivity index (χ1) is 8.09. The van der Waals surface area contributed by atoms with Crippen molar-refractivity contribution in [2.24, 2.45) is 0 Å². The fourth-order valence-electron chi connectivity index (χ4n) is 3.29. The number of ether oxygens (including phenoxy) is 2. The maximum Gasteiger partial charge on any atom is 0.410 e. The van der Waals surface area contributed by atoms with E-state index in [1.807, 2.05) is 18.7 Å². The molecule has 2 bridgehead atoms. The molecule has 0 aromatic rings. The van der Waals surface area contributed by atoms with E-state index in [1.54, 1.807) is 0 Å². The van der Waals surface area contributed by atoms with Crippen LogP contribution in [-0.4, -0.2) is 47.4 Å². The van der Waals surface area contributed by atoms with Gasteiger partial charge in [-0.05, 0) is 6.92 Å². The topological polar surface area (TPSA) is 46.4 Å². The monoisotopic (exact) mass is 236 g/mol. The highest BCUT2D eigenvalue weighted by Crippen LogP contribution is 2.52. The summed E-state index contributed by atoms with van der Waals surface area (Å²) in [5.41, 5.74) is -0.338. The molecule has 1 amide bonds. The van der Waals surface area contributed by atoms with Gasteiger partial charge in [-0.2, -0.15) is 0 Å². The number of hydrogen-bond acceptors (Lipinski definition) is 3. The molecule has 0 N–H and O–H groups in total. The third-order valence-corrected chi connectivity index (χ3v) is 4.08. The Bertz CT molecular complexity index is 385. The van der Waals surface area contributed by atoms with Crippen LogP contribution in [0.5, 0.6) is 0 Å². The number of amides is 1. The van der Waals surface area contributed by atoms with Crippen LogP contribution in [-0.2, 0) is 9.47 Å². The number of nitrogens with zero attached hydrogens (tertiary/aromatic N) is 2. The number of piperidine rings is 1. The molecule has 0 spiro atoms. The zero-order valence-corrected chi connectivity index (χ0v) is 10.0. The fraction of sp³-hybridized carbons (Fsp3) is 0.833. The Kier molecular flexibility index (Phi) is 2.14. The Balaban J connectivity index is 1.83. The fourth-order valence-corrected chi connectivity index (χ4v) is 3.29. The summed E-state index contributed by atoms with van der Waals surface area (Å²) in [5.74, 6) is 0. The van der Waals surface area contributed by atoms with Gasteiger partial charge in [0.1, 0.15) is 12.2 Å². The van der Waals surface area contributed by atoms with Gasteiger partial charge < -0.3 is 14.3 Å². The summed E-state index contributed by atoms with van der Waals surface area (Å²) in [4.78, 5) is 17.4. The highest BCUT2D eigenvalue weighted by atomic mass is 16.6. The van der Waals surface area contributed by atoms with Crippen molar-refractivity contribution < 1.29 is 14.3 Å². The number of epoxide rings is 1. The average molecular weight is 236 g/mol. The molecular weight excluding hydrogens is 220 g/mol. The molecule has 4 atom stereocenters. The molecule has 5 heteroatoms. The van der Waals surface area contributed by atoms with Crippen LogP contribution in [0.4, 0.5) is 4.79 Å². The van der Waals surface area contributed by atoms with Crippen molar-refractivity contribution in [3.05, 3.63) is 11.4 Å². The van der Waals surface area contributed by atoms with Gasteiger partial charge in [0.2, 0.25) is 5.54 Å². The lowest BCUT2D eigenvalue weighted by atomic mass is 9.85. The average Bonchev–Trinajstić information content (AvgIpc) is 3.04. The molecule has 0 aromatic carbocycles. The Hall–Kier alpha value is -1.28. The van der Waals surface area contributed by atoms with Crippen LogP contribution in [0.1, 0.15) is 26.7 Å². The van der Waals surface area contributed by atoms with Gasteiger partial charge >= 0.3 is 6.09 Å². The van der Waals surface area contributed by atoms with E-state index in [9.17, 15) is 4.79 Å². The molecule has 4 unspecified atom stereocenters. The van der Waals surface area contributed by atoms with Gasteiger partial charge in [0.15, 0.2) is 0 Å². The number of hydrogen-bond donors (Lipinski definition) is 0. The van der Waals surface area contributed by atoms with E-state index in [2.05, 4.69) is 4.85 Å². The van der Waals surface area contributed by atoms with E-state index in [4.69, 9.17) is 16.0 Å². The minimum absolute atomic E-state index is 0.0388. The lowest BCUT2D eigenvalue weighted by Crippen LogP contribution is -2.54. The Morgan fingerprint density at radius 1 is 1.53 bits per heavy atom. The van der Waals surface area contributed by atoms with E-state index >= 15 is 0 Å². The third-order valence-electron chi connectivity index (χ3n) is 4.08. The van der Waals surface area contributed by atoms with Crippen molar-refractivity contribution in [1.29, 1.82) is 0 Å². The molecule has 5 nitrogen and oxygen atoms in total. The quantitative estimate of drug-likeness (QED) is 0.511. The Labute approximate surface area is 100 Å². The van der Waals surface area contributed by atoms with Crippen molar-refractivity contribution in [3.63, 3.8) is 0 Å². The SMILES string of the molecule is [C-]#[N+]C1(C)CC2C3OC3C(C1)N2C(=O)OCC. The molecule has 92 valence electrons. The second kappa shape index (κ2) is 3.36. The summed E-state index contributed by atoms with van der Waals surface area (Å²) in [6, 6.07) is 0.0776.